The lowest BCUT2D eigenvalue weighted by atomic mass is 10.1. The Morgan fingerprint density at radius 1 is 1.39 bits per heavy atom. The van der Waals surface area contributed by atoms with Crippen LogP contribution in [0.1, 0.15) is 31.4 Å². The quantitative estimate of drug-likeness (QED) is 0.932. The van der Waals surface area contributed by atoms with Gasteiger partial charge in [-0.15, -0.1) is 0 Å². The number of halogens is 1. The average Bonchev–Trinajstić information content (AvgIpc) is 2.32. The standard InChI is InChI=1S/C14H21BrN2O/c1-10(16)13-4-3-12(9-14(13)15)18-11-5-7-17(2)8-6-11/h3-4,9-11H,5-8,16H2,1-2H3/t10-/m1/s1. The summed E-state index contributed by atoms with van der Waals surface area (Å²) >= 11 is 3.55. The highest BCUT2D eigenvalue weighted by atomic mass is 79.9. The molecule has 2 N–H and O–H groups in total. The highest BCUT2D eigenvalue weighted by Gasteiger charge is 2.18. The zero-order valence-corrected chi connectivity index (χ0v) is 12.6. The van der Waals surface area contributed by atoms with E-state index in [2.05, 4.69) is 27.9 Å². The van der Waals surface area contributed by atoms with Gasteiger partial charge in [-0.05, 0) is 44.5 Å². The molecule has 1 fully saturated rings. The van der Waals surface area contributed by atoms with Crippen molar-refractivity contribution >= 4 is 15.9 Å². The van der Waals surface area contributed by atoms with Crippen LogP contribution in [0.15, 0.2) is 22.7 Å². The van der Waals surface area contributed by atoms with Crippen LogP contribution in [0, 0.1) is 0 Å². The van der Waals surface area contributed by atoms with Crippen LogP contribution in [0.2, 0.25) is 0 Å². The molecule has 4 heteroatoms. The van der Waals surface area contributed by atoms with Crippen LogP contribution in [0.3, 0.4) is 0 Å². The maximum absolute atomic E-state index is 6.02. The number of hydrogen-bond donors (Lipinski definition) is 1. The number of ether oxygens (including phenoxy) is 1. The van der Waals surface area contributed by atoms with Crippen molar-refractivity contribution in [2.75, 3.05) is 20.1 Å². The summed E-state index contributed by atoms with van der Waals surface area (Å²) in [5.41, 5.74) is 7.00. The number of rotatable bonds is 3. The molecule has 1 heterocycles. The zero-order chi connectivity index (χ0) is 13.1. The molecule has 0 aliphatic carbocycles. The van der Waals surface area contributed by atoms with E-state index in [1.807, 2.05) is 25.1 Å². The summed E-state index contributed by atoms with van der Waals surface area (Å²) in [6.45, 7) is 4.21. The fraction of sp³-hybridized carbons (Fsp3) is 0.571. The molecule has 1 aliphatic rings. The smallest absolute Gasteiger partial charge is 0.120 e. The normalized spacial score (nSPS) is 19.8. The lowest BCUT2D eigenvalue weighted by Crippen LogP contribution is -2.35. The average molecular weight is 313 g/mol. The summed E-state index contributed by atoms with van der Waals surface area (Å²) in [7, 11) is 2.16. The van der Waals surface area contributed by atoms with Gasteiger partial charge in [0, 0.05) is 23.6 Å². The predicted molar refractivity (Wildman–Crippen MR) is 77.9 cm³/mol. The van der Waals surface area contributed by atoms with Crippen LogP contribution >= 0.6 is 15.9 Å². The topological polar surface area (TPSA) is 38.5 Å². The van der Waals surface area contributed by atoms with Crippen LogP contribution in [0.4, 0.5) is 0 Å². The molecule has 0 unspecified atom stereocenters. The summed E-state index contributed by atoms with van der Waals surface area (Å²) in [5.74, 6) is 0.931. The highest BCUT2D eigenvalue weighted by Crippen LogP contribution is 2.28. The van der Waals surface area contributed by atoms with Crippen molar-refractivity contribution < 1.29 is 4.74 Å². The van der Waals surface area contributed by atoms with E-state index in [0.29, 0.717) is 6.10 Å². The van der Waals surface area contributed by atoms with Gasteiger partial charge >= 0.3 is 0 Å². The first-order chi connectivity index (χ1) is 8.56. The van der Waals surface area contributed by atoms with Crippen LogP contribution in [-0.2, 0) is 0 Å². The molecule has 0 spiro atoms. The lowest BCUT2D eigenvalue weighted by Gasteiger charge is -2.29. The maximum Gasteiger partial charge on any atom is 0.120 e. The van der Waals surface area contributed by atoms with Gasteiger partial charge in [-0.1, -0.05) is 22.0 Å². The van der Waals surface area contributed by atoms with Gasteiger partial charge in [-0.3, -0.25) is 0 Å². The summed E-state index contributed by atoms with van der Waals surface area (Å²) in [4.78, 5) is 2.34. The fourth-order valence-electron chi connectivity index (χ4n) is 2.25. The second-order valence-corrected chi connectivity index (χ2v) is 5.95. The van der Waals surface area contributed by atoms with Crippen LogP contribution in [-0.4, -0.2) is 31.1 Å². The molecule has 2 rings (SSSR count). The monoisotopic (exact) mass is 312 g/mol. The van der Waals surface area contributed by atoms with Crippen LogP contribution < -0.4 is 10.5 Å². The molecule has 0 saturated carbocycles. The number of nitrogens with zero attached hydrogens (tertiary/aromatic N) is 1. The summed E-state index contributed by atoms with van der Waals surface area (Å²) in [5, 5.41) is 0. The first-order valence-corrected chi connectivity index (χ1v) is 7.26. The van der Waals surface area contributed by atoms with Gasteiger partial charge in [0.05, 0.1) is 0 Å². The molecule has 1 aliphatic heterocycles. The van der Waals surface area contributed by atoms with Gasteiger partial charge in [-0.2, -0.15) is 0 Å². The molecular formula is C14H21BrN2O. The Hall–Kier alpha value is -0.580. The fourth-order valence-corrected chi connectivity index (χ4v) is 2.96. The van der Waals surface area contributed by atoms with Crippen molar-refractivity contribution in [1.29, 1.82) is 0 Å². The van der Waals surface area contributed by atoms with E-state index in [0.717, 1.165) is 41.7 Å². The van der Waals surface area contributed by atoms with Gasteiger partial charge in [0.2, 0.25) is 0 Å². The Labute approximate surface area is 117 Å². The van der Waals surface area contributed by atoms with Crippen LogP contribution in [0.5, 0.6) is 5.75 Å². The second kappa shape index (κ2) is 6.04. The van der Waals surface area contributed by atoms with Crippen molar-refractivity contribution in [2.45, 2.75) is 31.9 Å². The predicted octanol–water partition coefficient (Wildman–Crippen LogP) is 2.94. The molecule has 0 bridgehead atoms. The first-order valence-electron chi connectivity index (χ1n) is 6.46. The molecule has 18 heavy (non-hydrogen) atoms. The Morgan fingerprint density at radius 2 is 2.06 bits per heavy atom. The Morgan fingerprint density at radius 3 is 2.61 bits per heavy atom. The van der Waals surface area contributed by atoms with Gasteiger partial charge in [0.1, 0.15) is 11.9 Å². The summed E-state index contributed by atoms with van der Waals surface area (Å²) in [6.07, 6.45) is 2.54. The van der Waals surface area contributed by atoms with E-state index in [4.69, 9.17) is 10.5 Å². The number of piperidine rings is 1. The molecule has 0 aromatic heterocycles. The molecule has 1 aromatic carbocycles. The van der Waals surface area contributed by atoms with E-state index in [1.54, 1.807) is 0 Å². The van der Waals surface area contributed by atoms with Crippen molar-refractivity contribution in [2.24, 2.45) is 5.73 Å². The number of likely N-dealkylation sites (tertiary alicyclic amines) is 1. The molecule has 3 nitrogen and oxygen atoms in total. The highest BCUT2D eigenvalue weighted by molar-refractivity contribution is 9.10. The third kappa shape index (κ3) is 3.46. The minimum atomic E-state index is 0.0387. The van der Waals surface area contributed by atoms with E-state index in [1.165, 1.54) is 0 Å². The van der Waals surface area contributed by atoms with Crippen molar-refractivity contribution in [1.82, 2.24) is 4.90 Å². The zero-order valence-electron chi connectivity index (χ0n) is 11.0. The van der Waals surface area contributed by atoms with E-state index in [9.17, 15) is 0 Å². The largest absolute Gasteiger partial charge is 0.490 e. The van der Waals surface area contributed by atoms with E-state index in [-0.39, 0.29) is 6.04 Å². The number of hydrogen-bond acceptors (Lipinski definition) is 3. The van der Waals surface area contributed by atoms with Gasteiger partial charge in [0.15, 0.2) is 0 Å². The minimum absolute atomic E-state index is 0.0387. The Kier molecular flexibility index (Phi) is 4.65. The minimum Gasteiger partial charge on any atom is -0.490 e. The first kappa shape index (κ1) is 13.8. The molecule has 1 atom stereocenters. The van der Waals surface area contributed by atoms with Crippen LogP contribution in [0.25, 0.3) is 0 Å². The molecule has 1 saturated heterocycles. The Balaban J connectivity index is 2.00. The van der Waals surface area contributed by atoms with Crippen molar-refractivity contribution in [3.63, 3.8) is 0 Å². The molecule has 0 radical (unpaired) electrons. The maximum atomic E-state index is 6.02. The van der Waals surface area contributed by atoms with Gasteiger partial charge in [-0.25, -0.2) is 0 Å². The number of nitrogens with two attached hydrogens (primary N) is 1. The third-order valence-electron chi connectivity index (χ3n) is 3.43. The lowest BCUT2D eigenvalue weighted by molar-refractivity contribution is 0.114. The van der Waals surface area contributed by atoms with Crippen molar-refractivity contribution in [3.8, 4) is 5.75 Å². The SMILES string of the molecule is C[C@@H](N)c1ccc(OC2CCN(C)CC2)cc1Br. The second-order valence-electron chi connectivity index (χ2n) is 5.09. The van der Waals surface area contributed by atoms with E-state index < -0.39 is 0 Å². The Bertz CT molecular complexity index is 401. The molecular weight excluding hydrogens is 292 g/mol. The molecule has 0 amide bonds. The molecule has 100 valence electrons. The summed E-state index contributed by atoms with van der Waals surface area (Å²) in [6, 6.07) is 6.12. The summed E-state index contributed by atoms with van der Waals surface area (Å²) < 4.78 is 7.05. The van der Waals surface area contributed by atoms with Gasteiger partial charge < -0.3 is 15.4 Å². The number of benzene rings is 1. The van der Waals surface area contributed by atoms with Gasteiger partial charge in [0.25, 0.3) is 0 Å². The van der Waals surface area contributed by atoms with E-state index >= 15 is 0 Å². The molecule has 1 aromatic rings. The van der Waals surface area contributed by atoms with Crippen molar-refractivity contribution in [3.05, 3.63) is 28.2 Å². The third-order valence-corrected chi connectivity index (χ3v) is 4.12.